The molecule has 1 aromatic carbocycles. The van der Waals surface area contributed by atoms with Crippen LogP contribution in [0.25, 0.3) is 0 Å². The summed E-state index contributed by atoms with van der Waals surface area (Å²) in [7, 11) is 0. The summed E-state index contributed by atoms with van der Waals surface area (Å²) < 4.78 is 39.4. The van der Waals surface area contributed by atoms with Crippen molar-refractivity contribution in [1.82, 2.24) is 8.43 Å². The maximum Gasteiger partial charge on any atom is 0.416 e. The Morgan fingerprint density at radius 3 is 2.25 bits per heavy atom. The number of halogens is 4. The van der Waals surface area contributed by atoms with E-state index in [0.717, 1.165) is 38.1 Å². The SMILES string of the molecule is O=C(NC1CCN(I)CC1)c1ccc(C(F)(F)F)cc1. The lowest BCUT2D eigenvalue weighted by Gasteiger charge is -2.28. The van der Waals surface area contributed by atoms with Crippen molar-refractivity contribution in [3.63, 3.8) is 0 Å². The zero-order valence-electron chi connectivity index (χ0n) is 10.6. The van der Waals surface area contributed by atoms with E-state index in [1.807, 2.05) is 0 Å². The van der Waals surface area contributed by atoms with Gasteiger partial charge in [0.25, 0.3) is 5.91 Å². The molecule has 0 spiro atoms. The second-order valence-corrected chi connectivity index (χ2v) is 6.10. The smallest absolute Gasteiger partial charge is 0.349 e. The average molecular weight is 398 g/mol. The molecule has 0 radical (unpaired) electrons. The van der Waals surface area contributed by atoms with Gasteiger partial charge < -0.3 is 5.32 Å². The van der Waals surface area contributed by atoms with Gasteiger partial charge in [0.1, 0.15) is 0 Å². The maximum atomic E-state index is 12.4. The van der Waals surface area contributed by atoms with Crippen molar-refractivity contribution in [3.8, 4) is 0 Å². The first-order valence-corrected chi connectivity index (χ1v) is 7.21. The fourth-order valence-electron chi connectivity index (χ4n) is 2.07. The van der Waals surface area contributed by atoms with Crippen molar-refractivity contribution in [3.05, 3.63) is 35.4 Å². The van der Waals surface area contributed by atoms with E-state index < -0.39 is 11.7 Å². The van der Waals surface area contributed by atoms with E-state index in [9.17, 15) is 18.0 Å². The average Bonchev–Trinajstić information content (AvgIpc) is 2.40. The first-order valence-electron chi connectivity index (χ1n) is 6.25. The van der Waals surface area contributed by atoms with Crippen molar-refractivity contribution in [2.75, 3.05) is 13.1 Å². The highest BCUT2D eigenvalue weighted by Crippen LogP contribution is 2.29. The minimum atomic E-state index is -4.37. The minimum Gasteiger partial charge on any atom is -0.349 e. The molecule has 1 heterocycles. The molecule has 1 aromatic rings. The molecule has 0 aliphatic carbocycles. The molecule has 1 aliphatic heterocycles. The number of benzene rings is 1. The number of rotatable bonds is 2. The van der Waals surface area contributed by atoms with Crippen LogP contribution in [-0.4, -0.2) is 28.2 Å². The number of carbonyl (C=O) groups excluding carboxylic acids is 1. The molecule has 3 nitrogen and oxygen atoms in total. The molecule has 0 unspecified atom stereocenters. The van der Waals surface area contributed by atoms with E-state index in [4.69, 9.17) is 0 Å². The third kappa shape index (κ3) is 4.08. The Hall–Kier alpha value is -0.830. The van der Waals surface area contributed by atoms with Crippen molar-refractivity contribution in [2.45, 2.75) is 25.1 Å². The van der Waals surface area contributed by atoms with Gasteiger partial charge in [0.2, 0.25) is 0 Å². The molecule has 0 saturated carbocycles. The number of hydrogen-bond donors (Lipinski definition) is 1. The number of nitrogens with zero attached hydrogens (tertiary/aromatic N) is 1. The summed E-state index contributed by atoms with van der Waals surface area (Å²) in [5, 5.41) is 2.86. The van der Waals surface area contributed by atoms with Crippen LogP contribution < -0.4 is 5.32 Å². The van der Waals surface area contributed by atoms with Crippen LogP contribution in [0.5, 0.6) is 0 Å². The summed E-state index contributed by atoms with van der Waals surface area (Å²) in [5.41, 5.74) is -0.484. The molecular weight excluding hydrogens is 384 g/mol. The number of amides is 1. The zero-order chi connectivity index (χ0) is 14.8. The second kappa shape index (κ2) is 6.30. The summed E-state index contributed by atoms with van der Waals surface area (Å²) in [5.74, 6) is -0.314. The first-order chi connectivity index (χ1) is 9.36. The van der Waals surface area contributed by atoms with Gasteiger partial charge in [0.05, 0.1) is 5.56 Å². The lowest BCUT2D eigenvalue weighted by molar-refractivity contribution is -0.137. The van der Waals surface area contributed by atoms with Crippen LogP contribution in [0.15, 0.2) is 24.3 Å². The molecule has 0 aromatic heterocycles. The van der Waals surface area contributed by atoms with E-state index >= 15 is 0 Å². The first kappa shape index (κ1) is 15.6. The predicted molar refractivity (Wildman–Crippen MR) is 77.5 cm³/mol. The van der Waals surface area contributed by atoms with Gasteiger partial charge in [-0.3, -0.25) is 4.79 Å². The third-order valence-electron chi connectivity index (χ3n) is 3.25. The molecule has 0 atom stereocenters. The number of hydrogen-bond acceptors (Lipinski definition) is 2. The summed E-state index contributed by atoms with van der Waals surface area (Å²) >= 11 is 2.24. The Kier molecular flexibility index (Phi) is 4.90. The van der Waals surface area contributed by atoms with Gasteiger partial charge in [-0.1, -0.05) is 0 Å². The third-order valence-corrected chi connectivity index (χ3v) is 4.21. The van der Waals surface area contributed by atoms with Crippen LogP contribution in [0, 0.1) is 0 Å². The topological polar surface area (TPSA) is 32.3 Å². The standard InChI is InChI=1S/C13H14F3IN2O/c14-13(15,16)10-3-1-9(2-4-10)12(20)18-11-5-7-19(17)8-6-11/h1-4,11H,5-8H2,(H,18,20). The summed E-state index contributed by atoms with van der Waals surface area (Å²) in [6.45, 7) is 1.80. The van der Waals surface area contributed by atoms with Crippen molar-refractivity contribution in [2.24, 2.45) is 0 Å². The molecule has 2 rings (SSSR count). The van der Waals surface area contributed by atoms with Gasteiger partial charge in [0, 0.05) is 47.6 Å². The van der Waals surface area contributed by atoms with Gasteiger partial charge in [-0.15, -0.1) is 0 Å². The number of nitrogens with one attached hydrogen (secondary N) is 1. The van der Waals surface area contributed by atoms with Crippen LogP contribution in [0.1, 0.15) is 28.8 Å². The molecule has 1 amide bonds. The molecule has 1 N–H and O–H groups in total. The lowest BCUT2D eigenvalue weighted by atomic mass is 10.1. The maximum absolute atomic E-state index is 12.4. The number of alkyl halides is 3. The predicted octanol–water partition coefficient (Wildman–Crippen LogP) is 3.25. The Labute approximate surface area is 129 Å². The van der Waals surface area contributed by atoms with Crippen LogP contribution >= 0.6 is 22.9 Å². The molecule has 0 bridgehead atoms. The van der Waals surface area contributed by atoms with E-state index in [0.29, 0.717) is 0 Å². The van der Waals surface area contributed by atoms with E-state index in [1.165, 1.54) is 12.1 Å². The van der Waals surface area contributed by atoms with E-state index in [-0.39, 0.29) is 17.5 Å². The van der Waals surface area contributed by atoms with E-state index in [1.54, 1.807) is 0 Å². The van der Waals surface area contributed by atoms with Crippen LogP contribution in [0.3, 0.4) is 0 Å². The van der Waals surface area contributed by atoms with Gasteiger partial charge >= 0.3 is 6.18 Å². The van der Waals surface area contributed by atoms with Crippen molar-refractivity contribution in [1.29, 1.82) is 0 Å². The molecule has 1 saturated heterocycles. The fourth-order valence-corrected chi connectivity index (χ4v) is 2.63. The summed E-state index contributed by atoms with van der Waals surface area (Å²) in [6, 6.07) is 4.39. The fraction of sp³-hybridized carbons (Fsp3) is 0.462. The molecule has 1 aliphatic rings. The van der Waals surface area contributed by atoms with Crippen LogP contribution in [0.2, 0.25) is 0 Å². The quantitative estimate of drug-likeness (QED) is 0.613. The van der Waals surface area contributed by atoms with Gasteiger partial charge in [-0.2, -0.15) is 13.2 Å². The Morgan fingerprint density at radius 1 is 1.20 bits per heavy atom. The second-order valence-electron chi connectivity index (χ2n) is 4.73. The van der Waals surface area contributed by atoms with Crippen molar-refractivity contribution < 1.29 is 18.0 Å². The largest absolute Gasteiger partial charge is 0.416 e. The molecule has 110 valence electrons. The zero-order valence-corrected chi connectivity index (χ0v) is 12.7. The van der Waals surface area contributed by atoms with Crippen LogP contribution in [-0.2, 0) is 6.18 Å². The number of carbonyl (C=O) groups is 1. The highest BCUT2D eigenvalue weighted by molar-refractivity contribution is 14.1. The molecular formula is C13H14F3IN2O. The molecule has 7 heteroatoms. The highest BCUT2D eigenvalue weighted by Gasteiger charge is 2.30. The summed E-state index contributed by atoms with van der Waals surface area (Å²) in [4.78, 5) is 11.9. The monoisotopic (exact) mass is 398 g/mol. The molecule has 1 fully saturated rings. The van der Waals surface area contributed by atoms with Gasteiger partial charge in [0.15, 0.2) is 0 Å². The Balaban J connectivity index is 1.96. The number of piperidine rings is 1. The summed E-state index contributed by atoms with van der Waals surface area (Å²) in [6.07, 6.45) is -2.66. The highest BCUT2D eigenvalue weighted by atomic mass is 127. The Morgan fingerprint density at radius 2 is 1.75 bits per heavy atom. The lowest BCUT2D eigenvalue weighted by Crippen LogP contribution is -2.41. The van der Waals surface area contributed by atoms with Gasteiger partial charge in [-0.25, -0.2) is 3.11 Å². The van der Waals surface area contributed by atoms with Crippen LogP contribution in [0.4, 0.5) is 13.2 Å². The van der Waals surface area contributed by atoms with Gasteiger partial charge in [-0.05, 0) is 37.1 Å². The minimum absolute atomic E-state index is 0.0933. The Bertz CT molecular complexity index is 467. The van der Waals surface area contributed by atoms with Crippen molar-refractivity contribution >= 4 is 28.8 Å². The normalized spacial score (nSPS) is 18.0. The van der Waals surface area contributed by atoms with E-state index in [2.05, 4.69) is 31.3 Å². The molecule has 20 heavy (non-hydrogen) atoms.